The van der Waals surface area contributed by atoms with Gasteiger partial charge in [-0.1, -0.05) is 6.07 Å². The molecule has 0 atom stereocenters. The number of hydrogen-bond donors (Lipinski definition) is 1. The van der Waals surface area contributed by atoms with Crippen molar-refractivity contribution in [2.24, 2.45) is 0 Å². The molecule has 1 aliphatic rings. The molecule has 1 aromatic heterocycles. The molecule has 0 amide bonds. The van der Waals surface area contributed by atoms with Crippen molar-refractivity contribution < 1.29 is 13.2 Å². The summed E-state index contributed by atoms with van der Waals surface area (Å²) in [5, 5.41) is 3.42. The van der Waals surface area contributed by atoms with Crippen LogP contribution >= 0.6 is 0 Å². The zero-order valence-electron chi connectivity index (χ0n) is 11.4. The largest absolute Gasteiger partial charge is 0.401 e. The van der Waals surface area contributed by atoms with E-state index in [1.54, 1.807) is 6.20 Å². The van der Waals surface area contributed by atoms with Crippen molar-refractivity contribution >= 4 is 0 Å². The Hall–Kier alpha value is -1.14. The maximum atomic E-state index is 12.3. The lowest BCUT2D eigenvalue weighted by molar-refractivity contribution is -0.148. The Morgan fingerprint density at radius 1 is 1.30 bits per heavy atom. The van der Waals surface area contributed by atoms with E-state index >= 15 is 0 Å². The monoisotopic (exact) mass is 287 g/mol. The fourth-order valence-corrected chi connectivity index (χ4v) is 2.52. The molecule has 6 heteroatoms. The zero-order valence-corrected chi connectivity index (χ0v) is 11.4. The Morgan fingerprint density at radius 2 is 2.05 bits per heavy atom. The van der Waals surface area contributed by atoms with Crippen LogP contribution in [-0.2, 0) is 6.42 Å². The van der Waals surface area contributed by atoms with Crippen LogP contribution in [0.25, 0.3) is 0 Å². The summed E-state index contributed by atoms with van der Waals surface area (Å²) in [5.74, 6) is 0. The molecule has 2 heterocycles. The number of hydrogen-bond acceptors (Lipinski definition) is 3. The van der Waals surface area contributed by atoms with Crippen LogP contribution in [0.3, 0.4) is 0 Å². The second-order valence-electron chi connectivity index (χ2n) is 5.23. The Kier molecular flexibility index (Phi) is 5.37. The molecule has 0 aromatic carbocycles. The quantitative estimate of drug-likeness (QED) is 0.900. The summed E-state index contributed by atoms with van der Waals surface area (Å²) >= 11 is 0. The first-order valence-corrected chi connectivity index (χ1v) is 6.94. The van der Waals surface area contributed by atoms with Crippen LogP contribution in [0.15, 0.2) is 24.5 Å². The minimum absolute atomic E-state index is 0.330. The summed E-state index contributed by atoms with van der Waals surface area (Å²) in [7, 11) is 0. The third kappa shape index (κ3) is 5.46. The summed E-state index contributed by atoms with van der Waals surface area (Å²) in [6.45, 7) is 1.10. The number of nitrogens with one attached hydrogen (secondary N) is 1. The van der Waals surface area contributed by atoms with Gasteiger partial charge < -0.3 is 5.32 Å². The standard InChI is InChI=1S/C14H20F3N3/c15-14(16,17)11-20-8-4-13(5-9-20)19-7-3-12-2-1-6-18-10-12/h1-2,6,10,13,19H,3-5,7-9,11H2. The molecule has 20 heavy (non-hydrogen) atoms. The van der Waals surface area contributed by atoms with Crippen LogP contribution in [0.5, 0.6) is 0 Å². The van der Waals surface area contributed by atoms with E-state index in [0.717, 1.165) is 25.8 Å². The number of halogens is 3. The van der Waals surface area contributed by atoms with E-state index in [9.17, 15) is 13.2 Å². The summed E-state index contributed by atoms with van der Waals surface area (Å²) in [5.41, 5.74) is 1.18. The Balaban J connectivity index is 1.62. The summed E-state index contributed by atoms with van der Waals surface area (Å²) < 4.78 is 36.8. The van der Waals surface area contributed by atoms with Crippen LogP contribution in [0.2, 0.25) is 0 Å². The minimum Gasteiger partial charge on any atom is -0.314 e. The molecule has 0 bridgehead atoms. The number of pyridine rings is 1. The van der Waals surface area contributed by atoms with Gasteiger partial charge in [0.2, 0.25) is 0 Å². The van der Waals surface area contributed by atoms with Crippen LogP contribution in [0.4, 0.5) is 13.2 Å². The number of piperidine rings is 1. The van der Waals surface area contributed by atoms with E-state index in [2.05, 4.69) is 10.3 Å². The van der Waals surface area contributed by atoms with Gasteiger partial charge in [-0.15, -0.1) is 0 Å². The topological polar surface area (TPSA) is 28.2 Å². The molecule has 112 valence electrons. The number of likely N-dealkylation sites (tertiary alicyclic amines) is 1. The molecule has 3 nitrogen and oxygen atoms in total. The highest BCUT2D eigenvalue weighted by Gasteiger charge is 2.32. The molecule has 1 N–H and O–H groups in total. The lowest BCUT2D eigenvalue weighted by Gasteiger charge is -2.32. The number of alkyl halides is 3. The molecule has 1 aliphatic heterocycles. The highest BCUT2D eigenvalue weighted by atomic mass is 19.4. The maximum Gasteiger partial charge on any atom is 0.401 e. The van der Waals surface area contributed by atoms with E-state index in [-0.39, 0.29) is 0 Å². The average molecular weight is 287 g/mol. The van der Waals surface area contributed by atoms with Gasteiger partial charge in [-0.05, 0) is 50.5 Å². The second kappa shape index (κ2) is 7.04. The van der Waals surface area contributed by atoms with Crippen molar-refractivity contribution in [1.82, 2.24) is 15.2 Å². The Labute approximate surface area is 117 Å². The van der Waals surface area contributed by atoms with Crippen molar-refractivity contribution in [3.8, 4) is 0 Å². The fourth-order valence-electron chi connectivity index (χ4n) is 2.52. The van der Waals surface area contributed by atoms with Gasteiger partial charge >= 0.3 is 6.18 Å². The van der Waals surface area contributed by atoms with E-state index in [4.69, 9.17) is 0 Å². The average Bonchev–Trinajstić information content (AvgIpc) is 2.40. The lowest BCUT2D eigenvalue weighted by atomic mass is 10.0. The smallest absolute Gasteiger partial charge is 0.314 e. The summed E-state index contributed by atoms with van der Waals surface area (Å²) in [4.78, 5) is 5.54. The zero-order chi connectivity index (χ0) is 14.4. The van der Waals surface area contributed by atoms with Crippen molar-refractivity contribution in [2.45, 2.75) is 31.5 Å². The molecular formula is C14H20F3N3. The number of rotatable bonds is 5. The Morgan fingerprint density at radius 3 is 2.65 bits per heavy atom. The second-order valence-corrected chi connectivity index (χ2v) is 5.23. The summed E-state index contributed by atoms with van der Waals surface area (Å²) in [6.07, 6.45) is 1.96. The number of aromatic nitrogens is 1. The highest BCUT2D eigenvalue weighted by molar-refractivity contribution is 5.08. The molecular weight excluding hydrogens is 267 g/mol. The molecule has 0 radical (unpaired) electrons. The predicted molar refractivity (Wildman–Crippen MR) is 71.5 cm³/mol. The molecule has 1 aromatic rings. The van der Waals surface area contributed by atoms with Crippen molar-refractivity contribution in [1.29, 1.82) is 0 Å². The predicted octanol–water partition coefficient (Wildman–Crippen LogP) is 2.24. The van der Waals surface area contributed by atoms with E-state index < -0.39 is 12.7 Å². The van der Waals surface area contributed by atoms with Gasteiger partial charge in [0.15, 0.2) is 0 Å². The molecule has 0 spiro atoms. The van der Waals surface area contributed by atoms with Crippen LogP contribution in [-0.4, -0.2) is 48.3 Å². The van der Waals surface area contributed by atoms with Gasteiger partial charge in [-0.25, -0.2) is 0 Å². The van der Waals surface area contributed by atoms with Crippen molar-refractivity contribution in [2.75, 3.05) is 26.2 Å². The van der Waals surface area contributed by atoms with Crippen molar-refractivity contribution in [3.63, 3.8) is 0 Å². The SMILES string of the molecule is FC(F)(F)CN1CCC(NCCc2cccnc2)CC1. The summed E-state index contributed by atoms with van der Waals surface area (Å²) in [6, 6.07) is 4.27. The van der Waals surface area contributed by atoms with E-state index in [1.807, 2.05) is 18.3 Å². The molecule has 0 saturated carbocycles. The molecule has 1 fully saturated rings. The highest BCUT2D eigenvalue weighted by Crippen LogP contribution is 2.19. The number of nitrogens with zero attached hydrogens (tertiary/aromatic N) is 2. The molecule has 0 aliphatic carbocycles. The van der Waals surface area contributed by atoms with Crippen LogP contribution < -0.4 is 5.32 Å². The van der Waals surface area contributed by atoms with Gasteiger partial charge in [-0.2, -0.15) is 13.2 Å². The lowest BCUT2D eigenvalue weighted by Crippen LogP contribution is -2.45. The van der Waals surface area contributed by atoms with E-state index in [0.29, 0.717) is 19.1 Å². The van der Waals surface area contributed by atoms with Gasteiger partial charge in [0, 0.05) is 18.4 Å². The third-order valence-electron chi connectivity index (χ3n) is 3.56. The van der Waals surface area contributed by atoms with Crippen molar-refractivity contribution in [3.05, 3.63) is 30.1 Å². The van der Waals surface area contributed by atoms with Gasteiger partial charge in [-0.3, -0.25) is 9.88 Å². The molecule has 2 rings (SSSR count). The third-order valence-corrected chi connectivity index (χ3v) is 3.56. The Bertz CT molecular complexity index is 386. The first-order chi connectivity index (χ1) is 9.53. The fraction of sp³-hybridized carbons (Fsp3) is 0.643. The first-order valence-electron chi connectivity index (χ1n) is 6.94. The van der Waals surface area contributed by atoms with E-state index in [1.165, 1.54) is 10.5 Å². The van der Waals surface area contributed by atoms with Gasteiger partial charge in [0.05, 0.1) is 6.54 Å². The molecule has 0 unspecified atom stereocenters. The van der Waals surface area contributed by atoms with Gasteiger partial charge in [0.25, 0.3) is 0 Å². The normalized spacial score (nSPS) is 18.4. The van der Waals surface area contributed by atoms with Crippen LogP contribution in [0.1, 0.15) is 18.4 Å². The first kappa shape index (κ1) is 15.3. The molecule has 1 saturated heterocycles. The maximum absolute atomic E-state index is 12.3. The van der Waals surface area contributed by atoms with Gasteiger partial charge in [0.1, 0.15) is 0 Å². The van der Waals surface area contributed by atoms with Crippen LogP contribution in [0, 0.1) is 0 Å². The minimum atomic E-state index is -4.08.